The Hall–Kier alpha value is -1.92. The van der Waals surface area contributed by atoms with Crippen LogP contribution in [0.25, 0.3) is 0 Å². The van der Waals surface area contributed by atoms with E-state index in [1.54, 1.807) is 16.9 Å². The van der Waals surface area contributed by atoms with Crippen molar-refractivity contribution >= 4 is 17.3 Å². The fraction of sp³-hybridized carbons (Fsp3) is 0.250. The van der Waals surface area contributed by atoms with Crippen molar-refractivity contribution in [2.75, 3.05) is 0 Å². The van der Waals surface area contributed by atoms with Crippen LogP contribution < -0.4 is 5.32 Å². The van der Waals surface area contributed by atoms with E-state index in [4.69, 9.17) is 11.6 Å². The standard InChI is InChI=1S/C12H13ClN4O2/c1-16-8-9(6-15-16)5-14-7-10-4-11(17(18)19)2-3-12(10)13/h2-4,6,8,14H,5,7H2,1H3. The van der Waals surface area contributed by atoms with E-state index < -0.39 is 4.92 Å². The first-order valence-corrected chi connectivity index (χ1v) is 6.05. The Kier molecular flexibility index (Phi) is 4.13. The minimum absolute atomic E-state index is 0.0441. The molecule has 2 aromatic rings. The molecule has 1 aromatic heterocycles. The van der Waals surface area contributed by atoms with Gasteiger partial charge < -0.3 is 5.32 Å². The summed E-state index contributed by atoms with van der Waals surface area (Å²) in [5.74, 6) is 0. The molecular formula is C12H13ClN4O2. The molecule has 1 aromatic carbocycles. The number of nitrogens with one attached hydrogen (secondary N) is 1. The maximum absolute atomic E-state index is 10.7. The molecule has 100 valence electrons. The Balaban J connectivity index is 1.99. The number of hydrogen-bond acceptors (Lipinski definition) is 4. The first kappa shape index (κ1) is 13.5. The van der Waals surface area contributed by atoms with Crippen LogP contribution in [0.1, 0.15) is 11.1 Å². The molecule has 0 bridgehead atoms. The highest BCUT2D eigenvalue weighted by atomic mass is 35.5. The fourth-order valence-electron chi connectivity index (χ4n) is 1.71. The number of non-ortho nitro benzene ring substituents is 1. The summed E-state index contributed by atoms with van der Waals surface area (Å²) in [5, 5.41) is 18.4. The lowest BCUT2D eigenvalue weighted by Gasteiger charge is -2.05. The van der Waals surface area contributed by atoms with Crippen molar-refractivity contribution in [1.82, 2.24) is 15.1 Å². The van der Waals surface area contributed by atoms with Crippen LogP contribution >= 0.6 is 11.6 Å². The van der Waals surface area contributed by atoms with Crippen LogP contribution in [0.3, 0.4) is 0 Å². The molecule has 0 saturated heterocycles. The minimum Gasteiger partial charge on any atom is -0.308 e. The van der Waals surface area contributed by atoms with Crippen LogP contribution in [-0.2, 0) is 20.1 Å². The van der Waals surface area contributed by atoms with Crippen molar-refractivity contribution in [3.8, 4) is 0 Å². The third-order valence-corrected chi connectivity index (χ3v) is 3.01. The number of aryl methyl sites for hydroxylation is 1. The Morgan fingerprint density at radius 1 is 1.47 bits per heavy atom. The lowest BCUT2D eigenvalue weighted by molar-refractivity contribution is -0.384. The number of nitrogens with zero attached hydrogens (tertiary/aromatic N) is 3. The average Bonchev–Trinajstić information content (AvgIpc) is 2.77. The normalized spacial score (nSPS) is 10.6. The van der Waals surface area contributed by atoms with Crippen molar-refractivity contribution in [2.45, 2.75) is 13.1 Å². The van der Waals surface area contributed by atoms with Gasteiger partial charge in [0.15, 0.2) is 0 Å². The number of rotatable bonds is 5. The van der Waals surface area contributed by atoms with Crippen LogP contribution in [-0.4, -0.2) is 14.7 Å². The maximum Gasteiger partial charge on any atom is 0.269 e. The second-order valence-electron chi connectivity index (χ2n) is 4.16. The van der Waals surface area contributed by atoms with Crippen LogP contribution in [0.5, 0.6) is 0 Å². The molecule has 0 amide bonds. The molecule has 1 heterocycles. The van der Waals surface area contributed by atoms with Gasteiger partial charge in [0.05, 0.1) is 11.1 Å². The molecule has 2 rings (SSSR count). The smallest absolute Gasteiger partial charge is 0.269 e. The predicted octanol–water partition coefficient (Wildman–Crippen LogP) is 2.27. The zero-order chi connectivity index (χ0) is 13.8. The summed E-state index contributed by atoms with van der Waals surface area (Å²) in [4.78, 5) is 10.3. The number of hydrogen-bond donors (Lipinski definition) is 1. The number of benzene rings is 1. The largest absolute Gasteiger partial charge is 0.308 e. The molecule has 0 aliphatic carbocycles. The van der Waals surface area contributed by atoms with E-state index >= 15 is 0 Å². The molecule has 0 atom stereocenters. The van der Waals surface area contributed by atoms with E-state index in [0.29, 0.717) is 23.7 Å². The Labute approximate surface area is 115 Å². The Morgan fingerprint density at radius 2 is 2.26 bits per heavy atom. The molecule has 0 spiro atoms. The quantitative estimate of drug-likeness (QED) is 0.673. The SMILES string of the molecule is Cn1cc(CNCc2cc([N+](=O)[O-])ccc2Cl)cn1. The molecule has 0 aliphatic heterocycles. The van der Waals surface area contributed by atoms with Crippen molar-refractivity contribution in [3.63, 3.8) is 0 Å². The predicted molar refractivity (Wildman–Crippen MR) is 71.9 cm³/mol. The van der Waals surface area contributed by atoms with Gasteiger partial charge in [-0.25, -0.2) is 0 Å². The molecule has 7 heteroatoms. The van der Waals surface area contributed by atoms with Gasteiger partial charge in [0.25, 0.3) is 5.69 Å². The van der Waals surface area contributed by atoms with Gasteiger partial charge in [-0.3, -0.25) is 14.8 Å². The summed E-state index contributed by atoms with van der Waals surface area (Å²) in [6.07, 6.45) is 3.67. The molecular weight excluding hydrogens is 268 g/mol. The van der Waals surface area contributed by atoms with E-state index in [9.17, 15) is 10.1 Å². The first-order valence-electron chi connectivity index (χ1n) is 5.67. The van der Waals surface area contributed by atoms with E-state index in [1.165, 1.54) is 12.1 Å². The van der Waals surface area contributed by atoms with E-state index in [0.717, 1.165) is 5.56 Å². The summed E-state index contributed by atoms with van der Waals surface area (Å²) in [7, 11) is 1.85. The number of nitro groups is 1. The van der Waals surface area contributed by atoms with E-state index in [2.05, 4.69) is 10.4 Å². The second-order valence-corrected chi connectivity index (χ2v) is 4.57. The van der Waals surface area contributed by atoms with Gasteiger partial charge in [-0.15, -0.1) is 0 Å². The molecule has 1 N–H and O–H groups in total. The molecule has 0 aliphatic rings. The number of nitro benzene ring substituents is 1. The van der Waals surface area contributed by atoms with E-state index in [1.807, 2.05) is 13.2 Å². The van der Waals surface area contributed by atoms with Crippen molar-refractivity contribution in [1.29, 1.82) is 0 Å². The van der Waals surface area contributed by atoms with E-state index in [-0.39, 0.29) is 5.69 Å². The van der Waals surface area contributed by atoms with Crippen molar-refractivity contribution in [3.05, 3.63) is 56.9 Å². The third-order valence-electron chi connectivity index (χ3n) is 2.64. The lowest BCUT2D eigenvalue weighted by Crippen LogP contribution is -2.12. The topological polar surface area (TPSA) is 73.0 Å². The van der Waals surface area contributed by atoms with Gasteiger partial charge in [-0.2, -0.15) is 5.10 Å². The van der Waals surface area contributed by atoms with Crippen LogP contribution in [0.15, 0.2) is 30.6 Å². The fourth-order valence-corrected chi connectivity index (χ4v) is 1.90. The van der Waals surface area contributed by atoms with Gasteiger partial charge in [0.1, 0.15) is 0 Å². The molecule has 0 fully saturated rings. The summed E-state index contributed by atoms with van der Waals surface area (Å²) in [6.45, 7) is 1.10. The molecule has 0 unspecified atom stereocenters. The number of halogens is 1. The highest BCUT2D eigenvalue weighted by molar-refractivity contribution is 6.31. The first-order chi connectivity index (χ1) is 9.06. The zero-order valence-corrected chi connectivity index (χ0v) is 11.1. The third kappa shape index (κ3) is 3.52. The Morgan fingerprint density at radius 3 is 2.89 bits per heavy atom. The zero-order valence-electron chi connectivity index (χ0n) is 10.3. The molecule has 6 nitrogen and oxygen atoms in total. The minimum atomic E-state index is -0.430. The summed E-state index contributed by atoms with van der Waals surface area (Å²) in [5.41, 5.74) is 1.80. The van der Waals surface area contributed by atoms with Gasteiger partial charge >= 0.3 is 0 Å². The summed E-state index contributed by atoms with van der Waals surface area (Å²) < 4.78 is 1.72. The van der Waals surface area contributed by atoms with Crippen LogP contribution in [0, 0.1) is 10.1 Å². The highest BCUT2D eigenvalue weighted by Crippen LogP contribution is 2.21. The second kappa shape index (κ2) is 5.81. The molecule has 0 radical (unpaired) electrons. The molecule has 19 heavy (non-hydrogen) atoms. The summed E-state index contributed by atoms with van der Waals surface area (Å²) in [6, 6.07) is 4.42. The summed E-state index contributed by atoms with van der Waals surface area (Å²) >= 11 is 6.01. The Bertz CT molecular complexity index is 597. The van der Waals surface area contributed by atoms with Gasteiger partial charge in [-0.1, -0.05) is 11.6 Å². The molecule has 0 saturated carbocycles. The monoisotopic (exact) mass is 280 g/mol. The maximum atomic E-state index is 10.7. The van der Waals surface area contributed by atoms with Crippen LogP contribution in [0.4, 0.5) is 5.69 Å². The average molecular weight is 281 g/mol. The van der Waals surface area contributed by atoms with Crippen molar-refractivity contribution in [2.24, 2.45) is 7.05 Å². The van der Waals surface area contributed by atoms with Gasteiger partial charge in [-0.05, 0) is 11.6 Å². The van der Waals surface area contributed by atoms with Gasteiger partial charge in [0.2, 0.25) is 0 Å². The lowest BCUT2D eigenvalue weighted by atomic mass is 10.2. The van der Waals surface area contributed by atoms with Crippen molar-refractivity contribution < 1.29 is 4.92 Å². The highest BCUT2D eigenvalue weighted by Gasteiger charge is 2.09. The number of aromatic nitrogens is 2. The van der Waals surface area contributed by atoms with Gasteiger partial charge in [0, 0.05) is 49.1 Å². The van der Waals surface area contributed by atoms with Crippen LogP contribution in [0.2, 0.25) is 5.02 Å².